The molecule has 3 aromatic carbocycles. The van der Waals surface area contributed by atoms with Crippen molar-refractivity contribution in [2.75, 3.05) is 0 Å². The van der Waals surface area contributed by atoms with Crippen LogP contribution in [0.15, 0.2) is 85.5 Å². The SMILES string of the molecule is Fc1ccc(-n2cnc3ccc(-c4c[nH]c5ncc(-c6cccc(OC(F)(F)F)c6)nc45)cc32)cc1. The average molecular weight is 489 g/mol. The number of ether oxygens (including phenoxy) is 1. The van der Waals surface area contributed by atoms with Crippen LogP contribution in [0.25, 0.3) is 50.3 Å². The molecule has 0 aliphatic carbocycles. The van der Waals surface area contributed by atoms with E-state index in [4.69, 9.17) is 0 Å². The Kier molecular flexibility index (Phi) is 4.96. The Morgan fingerprint density at radius 3 is 2.53 bits per heavy atom. The minimum atomic E-state index is -4.79. The molecule has 36 heavy (non-hydrogen) atoms. The van der Waals surface area contributed by atoms with Gasteiger partial charge in [-0.3, -0.25) is 4.57 Å². The van der Waals surface area contributed by atoms with E-state index >= 15 is 0 Å². The van der Waals surface area contributed by atoms with Crippen LogP contribution < -0.4 is 4.74 Å². The van der Waals surface area contributed by atoms with E-state index in [1.54, 1.807) is 30.7 Å². The number of nitrogens with zero attached hydrogens (tertiary/aromatic N) is 4. The van der Waals surface area contributed by atoms with Crippen molar-refractivity contribution >= 4 is 22.2 Å². The summed E-state index contributed by atoms with van der Waals surface area (Å²) in [4.78, 5) is 16.6. The maximum absolute atomic E-state index is 13.4. The lowest BCUT2D eigenvalue weighted by Crippen LogP contribution is -2.17. The highest BCUT2D eigenvalue weighted by atomic mass is 19.4. The zero-order valence-electron chi connectivity index (χ0n) is 18.3. The van der Waals surface area contributed by atoms with E-state index in [1.165, 1.54) is 36.5 Å². The molecule has 10 heteroatoms. The van der Waals surface area contributed by atoms with Gasteiger partial charge in [0.1, 0.15) is 23.4 Å². The fraction of sp³-hybridized carbons (Fsp3) is 0.0385. The highest BCUT2D eigenvalue weighted by Gasteiger charge is 2.31. The fourth-order valence-corrected chi connectivity index (χ4v) is 4.09. The number of rotatable bonds is 4. The number of H-pyrrole nitrogens is 1. The molecule has 0 amide bonds. The molecule has 0 unspecified atom stereocenters. The number of hydrogen-bond acceptors (Lipinski definition) is 4. The molecular formula is C26H15F4N5O. The minimum Gasteiger partial charge on any atom is -0.406 e. The van der Waals surface area contributed by atoms with Crippen LogP contribution >= 0.6 is 0 Å². The van der Waals surface area contributed by atoms with Crippen LogP contribution in [0.5, 0.6) is 5.75 Å². The van der Waals surface area contributed by atoms with E-state index in [-0.39, 0.29) is 11.6 Å². The lowest BCUT2D eigenvalue weighted by molar-refractivity contribution is -0.274. The number of hydrogen-bond donors (Lipinski definition) is 1. The van der Waals surface area contributed by atoms with Gasteiger partial charge < -0.3 is 9.72 Å². The minimum absolute atomic E-state index is 0.326. The molecular weight excluding hydrogens is 474 g/mol. The molecule has 6 rings (SSSR count). The van der Waals surface area contributed by atoms with E-state index < -0.39 is 6.36 Å². The van der Waals surface area contributed by atoms with Crippen LogP contribution in [0.3, 0.4) is 0 Å². The number of halogens is 4. The number of benzene rings is 3. The Bertz CT molecular complexity index is 1720. The third kappa shape index (κ3) is 4.02. The first-order valence-electron chi connectivity index (χ1n) is 10.8. The second kappa shape index (κ2) is 8.19. The third-order valence-corrected chi connectivity index (χ3v) is 5.71. The highest BCUT2D eigenvalue weighted by Crippen LogP contribution is 2.32. The Labute approximate surface area is 200 Å². The normalized spacial score (nSPS) is 11.9. The molecule has 0 aliphatic heterocycles. The summed E-state index contributed by atoms with van der Waals surface area (Å²) in [5, 5.41) is 0. The van der Waals surface area contributed by atoms with Gasteiger partial charge in [-0.15, -0.1) is 13.2 Å². The average Bonchev–Trinajstić information content (AvgIpc) is 3.47. The Morgan fingerprint density at radius 2 is 1.72 bits per heavy atom. The maximum atomic E-state index is 13.4. The van der Waals surface area contributed by atoms with Gasteiger partial charge in [-0.25, -0.2) is 19.3 Å². The summed E-state index contributed by atoms with van der Waals surface area (Å²) in [5.74, 6) is -0.664. The Balaban J connectivity index is 1.43. The van der Waals surface area contributed by atoms with Crippen molar-refractivity contribution in [3.05, 3.63) is 91.3 Å². The zero-order chi connectivity index (χ0) is 24.9. The zero-order valence-corrected chi connectivity index (χ0v) is 18.3. The lowest BCUT2D eigenvalue weighted by Gasteiger charge is -2.10. The van der Waals surface area contributed by atoms with Crippen molar-refractivity contribution < 1.29 is 22.3 Å². The van der Waals surface area contributed by atoms with Crippen LogP contribution in [0.4, 0.5) is 17.6 Å². The number of aromatic amines is 1. The lowest BCUT2D eigenvalue weighted by atomic mass is 10.1. The third-order valence-electron chi connectivity index (χ3n) is 5.71. The van der Waals surface area contributed by atoms with Crippen molar-refractivity contribution in [1.29, 1.82) is 0 Å². The largest absolute Gasteiger partial charge is 0.573 e. The van der Waals surface area contributed by atoms with Crippen LogP contribution in [0, 0.1) is 5.82 Å². The summed E-state index contributed by atoms with van der Waals surface area (Å²) in [6, 6.07) is 17.4. The summed E-state index contributed by atoms with van der Waals surface area (Å²) >= 11 is 0. The number of alkyl halides is 3. The van der Waals surface area contributed by atoms with Crippen LogP contribution in [0.1, 0.15) is 0 Å². The van der Waals surface area contributed by atoms with Crippen LogP contribution in [-0.4, -0.2) is 30.9 Å². The van der Waals surface area contributed by atoms with E-state index in [1.807, 2.05) is 22.8 Å². The highest BCUT2D eigenvalue weighted by molar-refractivity contribution is 5.94. The van der Waals surface area contributed by atoms with Gasteiger partial charge in [0.05, 0.1) is 22.9 Å². The fourth-order valence-electron chi connectivity index (χ4n) is 4.09. The molecule has 0 fully saturated rings. The molecule has 0 radical (unpaired) electrons. The molecule has 3 heterocycles. The topological polar surface area (TPSA) is 68.6 Å². The number of nitrogens with one attached hydrogen (secondary N) is 1. The van der Waals surface area contributed by atoms with Crippen molar-refractivity contribution in [2.24, 2.45) is 0 Å². The summed E-state index contributed by atoms with van der Waals surface area (Å²) < 4.78 is 57.2. The van der Waals surface area contributed by atoms with Crippen molar-refractivity contribution in [3.8, 4) is 33.8 Å². The molecule has 1 N–H and O–H groups in total. The quantitative estimate of drug-likeness (QED) is 0.281. The summed E-state index contributed by atoms with van der Waals surface area (Å²) in [5.41, 5.74) is 5.85. The molecule has 0 saturated carbocycles. The molecule has 6 aromatic rings. The number of imidazole rings is 1. The van der Waals surface area contributed by atoms with Gasteiger partial charge >= 0.3 is 6.36 Å². The van der Waals surface area contributed by atoms with Crippen LogP contribution in [-0.2, 0) is 0 Å². The van der Waals surface area contributed by atoms with Gasteiger partial charge in [-0.05, 0) is 54.1 Å². The van der Waals surface area contributed by atoms with Crippen molar-refractivity contribution in [2.45, 2.75) is 6.36 Å². The number of aromatic nitrogens is 5. The standard InChI is InChI=1S/C26H15F4N5O/c27-17-5-7-18(8-6-17)35-14-33-21-9-4-15(11-23(21)35)20-12-31-25-24(20)34-22(13-32-25)16-2-1-3-19(10-16)36-26(28,29)30/h1-14H,(H,31,32). The van der Waals surface area contributed by atoms with Gasteiger partial charge in [0.15, 0.2) is 5.65 Å². The van der Waals surface area contributed by atoms with E-state index in [2.05, 4.69) is 24.7 Å². The molecule has 0 spiro atoms. The van der Waals surface area contributed by atoms with Gasteiger partial charge in [-0.1, -0.05) is 18.2 Å². The summed E-state index contributed by atoms with van der Waals surface area (Å²) in [6.07, 6.45) is 0.144. The monoisotopic (exact) mass is 489 g/mol. The first kappa shape index (κ1) is 21.8. The van der Waals surface area contributed by atoms with E-state index in [0.717, 1.165) is 27.8 Å². The van der Waals surface area contributed by atoms with Gasteiger partial charge in [0.25, 0.3) is 0 Å². The number of fused-ring (bicyclic) bond motifs is 2. The Morgan fingerprint density at radius 1 is 0.889 bits per heavy atom. The summed E-state index contributed by atoms with van der Waals surface area (Å²) in [6.45, 7) is 0. The molecule has 0 atom stereocenters. The maximum Gasteiger partial charge on any atom is 0.573 e. The van der Waals surface area contributed by atoms with Gasteiger partial charge in [0.2, 0.25) is 0 Å². The molecule has 0 aliphatic rings. The summed E-state index contributed by atoms with van der Waals surface area (Å²) in [7, 11) is 0. The van der Waals surface area contributed by atoms with E-state index in [9.17, 15) is 17.6 Å². The van der Waals surface area contributed by atoms with Gasteiger partial charge in [0, 0.05) is 23.0 Å². The Hall–Kier alpha value is -4.73. The van der Waals surface area contributed by atoms with Crippen molar-refractivity contribution in [1.82, 2.24) is 24.5 Å². The molecule has 0 saturated heterocycles. The van der Waals surface area contributed by atoms with Crippen molar-refractivity contribution in [3.63, 3.8) is 0 Å². The molecule has 6 nitrogen and oxygen atoms in total. The second-order valence-corrected chi connectivity index (χ2v) is 8.02. The second-order valence-electron chi connectivity index (χ2n) is 8.02. The van der Waals surface area contributed by atoms with E-state index in [0.29, 0.717) is 22.4 Å². The molecule has 178 valence electrons. The first-order valence-corrected chi connectivity index (χ1v) is 10.8. The van der Waals surface area contributed by atoms with Crippen LogP contribution in [0.2, 0.25) is 0 Å². The molecule has 3 aromatic heterocycles. The first-order chi connectivity index (χ1) is 17.3. The molecule has 0 bridgehead atoms. The smallest absolute Gasteiger partial charge is 0.406 e. The predicted molar refractivity (Wildman–Crippen MR) is 126 cm³/mol. The predicted octanol–water partition coefficient (Wildman–Crippen LogP) is 6.67. The van der Waals surface area contributed by atoms with Gasteiger partial charge in [-0.2, -0.15) is 0 Å².